The van der Waals surface area contributed by atoms with Crippen LogP contribution >= 0.6 is 0 Å². The molecule has 0 aromatic carbocycles. The molecule has 1 aliphatic rings. The van der Waals surface area contributed by atoms with E-state index in [9.17, 15) is 0 Å². The first-order chi connectivity index (χ1) is 5.22. The average molecular weight is 159 g/mol. The molecular weight excluding hydrogens is 142 g/mol. The first-order valence-electron chi connectivity index (χ1n) is 4.24. The number of hydrogen-bond acceptors (Lipinski definition) is 3. The van der Waals surface area contributed by atoms with Crippen molar-refractivity contribution in [2.75, 3.05) is 13.2 Å². The second kappa shape index (κ2) is 4.04. The van der Waals surface area contributed by atoms with E-state index in [1.165, 1.54) is 0 Å². The first kappa shape index (κ1) is 8.97. The number of rotatable bonds is 4. The first-order valence-corrected chi connectivity index (χ1v) is 4.24. The van der Waals surface area contributed by atoms with Gasteiger partial charge in [-0.2, -0.15) is 0 Å². The normalized spacial score (nSPS) is 33.0. The van der Waals surface area contributed by atoms with E-state index in [2.05, 4.69) is 5.32 Å². The third kappa shape index (κ3) is 2.77. The highest BCUT2D eigenvalue weighted by atomic mass is 16.3. The minimum absolute atomic E-state index is 0.0862. The molecule has 1 atom stereocenters. The third-order valence-electron chi connectivity index (χ3n) is 2.18. The lowest BCUT2D eigenvalue weighted by atomic mass is 9.89. The zero-order chi connectivity index (χ0) is 8.27. The third-order valence-corrected chi connectivity index (χ3v) is 2.18. The van der Waals surface area contributed by atoms with Crippen molar-refractivity contribution in [3.05, 3.63) is 0 Å². The summed E-state index contributed by atoms with van der Waals surface area (Å²) in [6.07, 6.45) is 1.66. The smallest absolute Gasteiger partial charge is 0.0570 e. The van der Waals surface area contributed by atoms with Crippen LogP contribution in [0.4, 0.5) is 0 Å². The Kier molecular flexibility index (Phi) is 3.30. The number of nitrogens with one attached hydrogen (secondary N) is 1. The van der Waals surface area contributed by atoms with Gasteiger partial charge in [0, 0.05) is 19.2 Å². The molecule has 11 heavy (non-hydrogen) atoms. The van der Waals surface area contributed by atoms with Gasteiger partial charge in [-0.25, -0.2) is 0 Å². The van der Waals surface area contributed by atoms with Gasteiger partial charge in [-0.3, -0.25) is 0 Å². The standard InChI is InChI=1S/C8H17NO2/c1-6(5-10)4-9-7-2-8(11)3-7/h6-11H,2-5H2,1H3. The van der Waals surface area contributed by atoms with E-state index in [-0.39, 0.29) is 12.7 Å². The maximum Gasteiger partial charge on any atom is 0.0570 e. The molecule has 0 amide bonds. The second-order valence-electron chi connectivity index (χ2n) is 3.52. The molecule has 0 radical (unpaired) electrons. The van der Waals surface area contributed by atoms with E-state index in [4.69, 9.17) is 10.2 Å². The SMILES string of the molecule is CC(CO)CNC1CC(O)C1. The van der Waals surface area contributed by atoms with Gasteiger partial charge in [0.25, 0.3) is 0 Å². The van der Waals surface area contributed by atoms with E-state index in [0.29, 0.717) is 12.0 Å². The molecule has 3 nitrogen and oxygen atoms in total. The van der Waals surface area contributed by atoms with Crippen LogP contribution in [0, 0.1) is 5.92 Å². The van der Waals surface area contributed by atoms with Gasteiger partial charge < -0.3 is 15.5 Å². The summed E-state index contributed by atoms with van der Waals surface area (Å²) in [6.45, 7) is 3.10. The molecule has 3 N–H and O–H groups in total. The van der Waals surface area contributed by atoms with Gasteiger partial charge in [-0.1, -0.05) is 6.92 Å². The lowest BCUT2D eigenvalue weighted by molar-refractivity contribution is 0.0599. The Bertz CT molecular complexity index is 113. The van der Waals surface area contributed by atoms with Crippen molar-refractivity contribution in [3.63, 3.8) is 0 Å². The van der Waals surface area contributed by atoms with E-state index in [1.807, 2.05) is 6.92 Å². The Labute approximate surface area is 67.4 Å². The molecule has 0 aromatic rings. The Hall–Kier alpha value is -0.120. The van der Waals surface area contributed by atoms with Crippen molar-refractivity contribution in [1.82, 2.24) is 5.32 Å². The molecule has 1 aliphatic carbocycles. The molecule has 0 saturated heterocycles. The van der Waals surface area contributed by atoms with Crippen LogP contribution in [-0.2, 0) is 0 Å². The summed E-state index contributed by atoms with van der Waals surface area (Å²) >= 11 is 0. The van der Waals surface area contributed by atoms with Crippen LogP contribution in [0.5, 0.6) is 0 Å². The molecule has 0 spiro atoms. The van der Waals surface area contributed by atoms with Gasteiger partial charge in [0.15, 0.2) is 0 Å². The lowest BCUT2D eigenvalue weighted by Crippen LogP contribution is -2.45. The fourth-order valence-electron chi connectivity index (χ4n) is 1.19. The Morgan fingerprint density at radius 1 is 1.55 bits per heavy atom. The van der Waals surface area contributed by atoms with Crippen molar-refractivity contribution in [2.45, 2.75) is 31.9 Å². The molecule has 0 bridgehead atoms. The van der Waals surface area contributed by atoms with Crippen molar-refractivity contribution < 1.29 is 10.2 Å². The Morgan fingerprint density at radius 2 is 2.18 bits per heavy atom. The molecule has 1 fully saturated rings. The van der Waals surface area contributed by atoms with Crippen LogP contribution in [0.25, 0.3) is 0 Å². The van der Waals surface area contributed by atoms with Gasteiger partial charge in [0.05, 0.1) is 6.10 Å². The maximum absolute atomic E-state index is 8.95. The average Bonchev–Trinajstić information content (AvgIpc) is 1.95. The molecule has 0 aromatic heterocycles. The summed E-state index contributed by atoms with van der Waals surface area (Å²) in [6, 6.07) is 0.485. The predicted molar refractivity (Wildman–Crippen MR) is 43.3 cm³/mol. The fourth-order valence-corrected chi connectivity index (χ4v) is 1.19. The lowest BCUT2D eigenvalue weighted by Gasteiger charge is -2.32. The summed E-state index contributed by atoms with van der Waals surface area (Å²) < 4.78 is 0. The van der Waals surface area contributed by atoms with Gasteiger partial charge >= 0.3 is 0 Å². The number of aliphatic hydroxyl groups excluding tert-OH is 2. The monoisotopic (exact) mass is 159 g/mol. The number of hydrogen-bond donors (Lipinski definition) is 3. The van der Waals surface area contributed by atoms with E-state index in [0.717, 1.165) is 19.4 Å². The summed E-state index contributed by atoms with van der Waals surface area (Å²) in [5, 5.41) is 20.9. The van der Waals surface area contributed by atoms with Crippen LogP contribution in [0.1, 0.15) is 19.8 Å². The summed E-state index contributed by atoms with van der Waals surface area (Å²) in [7, 11) is 0. The zero-order valence-electron chi connectivity index (χ0n) is 6.95. The van der Waals surface area contributed by atoms with Crippen LogP contribution < -0.4 is 5.32 Å². The minimum atomic E-state index is -0.0862. The Balaban J connectivity index is 1.96. The molecule has 1 rings (SSSR count). The van der Waals surface area contributed by atoms with Gasteiger partial charge in [0.1, 0.15) is 0 Å². The molecule has 1 saturated carbocycles. The Morgan fingerprint density at radius 3 is 2.64 bits per heavy atom. The van der Waals surface area contributed by atoms with Crippen molar-refractivity contribution in [2.24, 2.45) is 5.92 Å². The van der Waals surface area contributed by atoms with Crippen LogP contribution in [-0.4, -0.2) is 35.5 Å². The topological polar surface area (TPSA) is 52.5 Å². The summed E-state index contributed by atoms with van der Waals surface area (Å²) in [4.78, 5) is 0. The summed E-state index contributed by atoms with van der Waals surface area (Å²) in [5.74, 6) is 0.327. The van der Waals surface area contributed by atoms with E-state index >= 15 is 0 Å². The molecule has 3 heteroatoms. The van der Waals surface area contributed by atoms with Gasteiger partial charge in [-0.15, -0.1) is 0 Å². The minimum Gasteiger partial charge on any atom is -0.396 e. The van der Waals surface area contributed by atoms with Crippen LogP contribution in [0.2, 0.25) is 0 Å². The molecule has 0 heterocycles. The van der Waals surface area contributed by atoms with E-state index in [1.54, 1.807) is 0 Å². The van der Waals surface area contributed by atoms with E-state index < -0.39 is 0 Å². The molecule has 66 valence electrons. The van der Waals surface area contributed by atoms with Gasteiger partial charge in [0.2, 0.25) is 0 Å². The molecule has 1 unspecified atom stereocenters. The fraction of sp³-hybridized carbons (Fsp3) is 1.00. The van der Waals surface area contributed by atoms with Crippen molar-refractivity contribution in [1.29, 1.82) is 0 Å². The summed E-state index contributed by atoms with van der Waals surface area (Å²) in [5.41, 5.74) is 0. The highest BCUT2D eigenvalue weighted by Crippen LogP contribution is 2.19. The molecular formula is C8H17NO2. The zero-order valence-corrected chi connectivity index (χ0v) is 6.95. The highest BCUT2D eigenvalue weighted by molar-refractivity contribution is 4.84. The highest BCUT2D eigenvalue weighted by Gasteiger charge is 2.26. The predicted octanol–water partition coefficient (Wildman–Crippen LogP) is -0.272. The second-order valence-corrected chi connectivity index (χ2v) is 3.52. The van der Waals surface area contributed by atoms with Crippen LogP contribution in [0.3, 0.4) is 0 Å². The maximum atomic E-state index is 8.95. The quantitative estimate of drug-likeness (QED) is 0.529. The number of aliphatic hydroxyl groups is 2. The molecule has 0 aliphatic heterocycles. The van der Waals surface area contributed by atoms with Crippen molar-refractivity contribution >= 4 is 0 Å². The van der Waals surface area contributed by atoms with Crippen molar-refractivity contribution in [3.8, 4) is 0 Å². The largest absolute Gasteiger partial charge is 0.396 e. The van der Waals surface area contributed by atoms with Crippen LogP contribution in [0.15, 0.2) is 0 Å². The van der Waals surface area contributed by atoms with Gasteiger partial charge in [-0.05, 0) is 18.8 Å².